The number of aromatic nitrogens is 1. The van der Waals surface area contributed by atoms with E-state index in [9.17, 15) is 13.2 Å². The summed E-state index contributed by atoms with van der Waals surface area (Å²) in [4.78, 5) is 12.4. The third-order valence-corrected chi connectivity index (χ3v) is 6.49. The van der Waals surface area contributed by atoms with E-state index in [2.05, 4.69) is 10.5 Å². The van der Waals surface area contributed by atoms with Crippen LogP contribution in [0.3, 0.4) is 0 Å². The first-order valence-electron chi connectivity index (χ1n) is 8.88. The minimum Gasteiger partial charge on any atom is -0.454 e. The lowest BCUT2D eigenvalue weighted by Crippen LogP contribution is -2.43. The number of nitrogens with one attached hydrogen (secondary N) is 1. The first kappa shape index (κ1) is 20.0. The normalized spacial score (nSPS) is 14.0. The van der Waals surface area contributed by atoms with Gasteiger partial charge in [-0.1, -0.05) is 12.1 Å². The van der Waals surface area contributed by atoms with Crippen LogP contribution < -0.4 is 19.1 Å². The van der Waals surface area contributed by atoms with Crippen molar-refractivity contribution >= 4 is 21.6 Å². The second kappa shape index (κ2) is 7.70. The van der Waals surface area contributed by atoms with E-state index in [1.165, 1.54) is 13.0 Å². The van der Waals surface area contributed by atoms with E-state index >= 15 is 0 Å². The van der Waals surface area contributed by atoms with Gasteiger partial charge in [0.25, 0.3) is 10.0 Å². The number of hydrogen-bond donors (Lipinski definition) is 1. The molecule has 1 aromatic carbocycles. The van der Waals surface area contributed by atoms with Crippen LogP contribution in [0.1, 0.15) is 31.7 Å². The lowest BCUT2D eigenvalue weighted by molar-refractivity contribution is -0.120. The van der Waals surface area contributed by atoms with Crippen LogP contribution >= 0.6 is 0 Å². The Kier molecular flexibility index (Phi) is 5.50. The Morgan fingerprint density at radius 2 is 2.00 bits per heavy atom. The molecule has 0 fully saturated rings. The van der Waals surface area contributed by atoms with E-state index < -0.39 is 22.5 Å². The number of anilines is 1. The zero-order chi connectivity index (χ0) is 20.5. The highest BCUT2D eigenvalue weighted by molar-refractivity contribution is 7.93. The summed E-state index contributed by atoms with van der Waals surface area (Å²) in [6, 6.07) is 4.64. The van der Waals surface area contributed by atoms with Crippen molar-refractivity contribution in [1.82, 2.24) is 10.5 Å². The lowest BCUT2D eigenvalue weighted by Gasteiger charge is -2.25. The fourth-order valence-electron chi connectivity index (χ4n) is 2.86. The Morgan fingerprint density at radius 1 is 1.29 bits per heavy atom. The van der Waals surface area contributed by atoms with Gasteiger partial charge >= 0.3 is 0 Å². The Morgan fingerprint density at radius 3 is 2.64 bits per heavy atom. The Bertz CT molecular complexity index is 966. The molecule has 1 atom stereocenters. The highest BCUT2D eigenvalue weighted by Gasteiger charge is 2.33. The standard InChI is InChI=1S/C18H23N3O6S/c1-5-11(2)19-17(22)9-21(14-6-7-15-16(8-14)26-10-25-15)28(23,24)18-12(3)20-27-13(18)4/h6-8,11H,5,9-10H2,1-4H3,(H,19,22). The number of carbonyl (C=O) groups excluding carboxylic acids is 1. The number of carbonyl (C=O) groups is 1. The van der Waals surface area contributed by atoms with E-state index in [4.69, 9.17) is 14.0 Å². The second-order valence-electron chi connectivity index (χ2n) is 6.58. The smallest absolute Gasteiger partial charge is 0.270 e. The van der Waals surface area contributed by atoms with Gasteiger partial charge in [-0.25, -0.2) is 8.42 Å². The molecule has 2 heterocycles. The zero-order valence-electron chi connectivity index (χ0n) is 16.2. The molecule has 1 aliphatic rings. The highest BCUT2D eigenvalue weighted by Crippen LogP contribution is 2.37. The first-order chi connectivity index (χ1) is 13.2. The van der Waals surface area contributed by atoms with Gasteiger partial charge in [0, 0.05) is 12.1 Å². The lowest BCUT2D eigenvalue weighted by atomic mass is 10.2. The fraction of sp³-hybridized carbons (Fsp3) is 0.444. The number of hydrogen-bond acceptors (Lipinski definition) is 7. The molecule has 28 heavy (non-hydrogen) atoms. The van der Waals surface area contributed by atoms with Crippen LogP contribution in [0, 0.1) is 13.8 Å². The van der Waals surface area contributed by atoms with Crippen LogP contribution in [0.25, 0.3) is 0 Å². The summed E-state index contributed by atoms with van der Waals surface area (Å²) in [5.41, 5.74) is 0.508. The van der Waals surface area contributed by atoms with Crippen molar-refractivity contribution in [1.29, 1.82) is 0 Å². The summed E-state index contributed by atoms with van der Waals surface area (Å²) in [6.45, 7) is 6.51. The number of ether oxygens (including phenoxy) is 2. The summed E-state index contributed by atoms with van der Waals surface area (Å²) in [5.74, 6) is 0.675. The molecule has 10 heteroatoms. The number of amides is 1. The molecule has 1 aromatic heterocycles. The predicted molar refractivity (Wildman–Crippen MR) is 101 cm³/mol. The summed E-state index contributed by atoms with van der Waals surface area (Å²) in [5, 5.41) is 6.52. The third-order valence-electron chi connectivity index (χ3n) is 4.47. The number of nitrogens with zero attached hydrogens (tertiary/aromatic N) is 2. The van der Waals surface area contributed by atoms with E-state index in [1.54, 1.807) is 19.1 Å². The van der Waals surface area contributed by atoms with Crippen molar-refractivity contribution in [3.8, 4) is 11.5 Å². The monoisotopic (exact) mass is 409 g/mol. The minimum absolute atomic E-state index is 0.0542. The van der Waals surface area contributed by atoms with Crippen molar-refractivity contribution in [2.45, 2.75) is 45.1 Å². The molecule has 3 rings (SSSR count). The Hall–Kier alpha value is -2.75. The number of rotatable bonds is 7. The number of benzene rings is 1. The Labute approximate surface area is 163 Å². The molecule has 0 spiro atoms. The van der Waals surface area contributed by atoms with Crippen LogP contribution in [-0.2, 0) is 14.8 Å². The molecule has 1 N–H and O–H groups in total. The van der Waals surface area contributed by atoms with Gasteiger partial charge in [0.2, 0.25) is 12.7 Å². The van der Waals surface area contributed by atoms with Crippen molar-refractivity contribution in [2.24, 2.45) is 0 Å². The zero-order valence-corrected chi connectivity index (χ0v) is 17.0. The molecule has 1 aliphatic heterocycles. The van der Waals surface area contributed by atoms with Gasteiger partial charge in [0.1, 0.15) is 12.2 Å². The van der Waals surface area contributed by atoms with E-state index in [0.717, 1.165) is 10.7 Å². The maximum Gasteiger partial charge on any atom is 0.270 e. The average Bonchev–Trinajstić information content (AvgIpc) is 3.24. The van der Waals surface area contributed by atoms with Crippen LogP contribution in [0.4, 0.5) is 5.69 Å². The molecule has 0 saturated heterocycles. The van der Waals surface area contributed by atoms with Crippen LogP contribution in [0.5, 0.6) is 11.5 Å². The summed E-state index contributed by atoms with van der Waals surface area (Å²) >= 11 is 0. The number of sulfonamides is 1. The molecular weight excluding hydrogens is 386 g/mol. The maximum atomic E-state index is 13.4. The number of fused-ring (bicyclic) bond motifs is 1. The molecule has 0 radical (unpaired) electrons. The first-order valence-corrected chi connectivity index (χ1v) is 10.3. The van der Waals surface area contributed by atoms with Crippen molar-refractivity contribution in [2.75, 3.05) is 17.6 Å². The molecule has 1 amide bonds. The molecule has 1 unspecified atom stereocenters. The summed E-state index contributed by atoms with van der Waals surface area (Å²) < 4.78 is 43.5. The SMILES string of the molecule is CCC(C)NC(=O)CN(c1ccc2c(c1)OCO2)S(=O)(=O)c1c(C)noc1C. The number of aryl methyl sites for hydroxylation is 2. The molecule has 2 aromatic rings. The quantitative estimate of drug-likeness (QED) is 0.746. The van der Waals surface area contributed by atoms with Crippen LogP contribution in [-0.4, -0.2) is 38.9 Å². The minimum atomic E-state index is -4.11. The van der Waals surface area contributed by atoms with E-state index in [1.807, 2.05) is 13.8 Å². The van der Waals surface area contributed by atoms with Gasteiger partial charge in [-0.2, -0.15) is 0 Å². The highest BCUT2D eigenvalue weighted by atomic mass is 32.2. The largest absolute Gasteiger partial charge is 0.454 e. The van der Waals surface area contributed by atoms with Crippen molar-refractivity contribution in [3.63, 3.8) is 0 Å². The molecule has 152 valence electrons. The van der Waals surface area contributed by atoms with E-state index in [0.29, 0.717) is 11.5 Å². The molecule has 0 bridgehead atoms. The third kappa shape index (κ3) is 3.77. The molecule has 0 saturated carbocycles. The van der Waals surface area contributed by atoms with E-state index in [-0.39, 0.29) is 34.9 Å². The van der Waals surface area contributed by atoms with Crippen molar-refractivity contribution in [3.05, 3.63) is 29.7 Å². The Balaban J connectivity index is 2.03. The van der Waals surface area contributed by atoms with Gasteiger partial charge < -0.3 is 19.3 Å². The topological polar surface area (TPSA) is 111 Å². The van der Waals surface area contributed by atoms with Crippen LogP contribution in [0.2, 0.25) is 0 Å². The van der Waals surface area contributed by atoms with Crippen molar-refractivity contribution < 1.29 is 27.2 Å². The molecule has 0 aliphatic carbocycles. The maximum absolute atomic E-state index is 13.4. The van der Waals surface area contributed by atoms with Gasteiger partial charge in [-0.15, -0.1) is 0 Å². The molecule has 9 nitrogen and oxygen atoms in total. The average molecular weight is 409 g/mol. The van der Waals surface area contributed by atoms with Gasteiger partial charge in [-0.3, -0.25) is 9.10 Å². The fourth-order valence-corrected chi connectivity index (χ4v) is 4.57. The van der Waals surface area contributed by atoms with Gasteiger partial charge in [-0.05, 0) is 39.3 Å². The van der Waals surface area contributed by atoms with Gasteiger partial charge in [0.15, 0.2) is 22.2 Å². The molecular formula is C18H23N3O6S. The predicted octanol–water partition coefficient (Wildman–Crippen LogP) is 2.13. The summed E-state index contributed by atoms with van der Waals surface area (Å²) in [6.07, 6.45) is 0.729. The summed E-state index contributed by atoms with van der Waals surface area (Å²) in [7, 11) is -4.11. The second-order valence-corrected chi connectivity index (χ2v) is 8.38. The van der Waals surface area contributed by atoms with Crippen LogP contribution in [0.15, 0.2) is 27.6 Å². The van der Waals surface area contributed by atoms with Gasteiger partial charge in [0.05, 0.1) is 5.69 Å².